The van der Waals surface area contributed by atoms with E-state index in [2.05, 4.69) is 0 Å². The van der Waals surface area contributed by atoms with Gasteiger partial charge in [0.2, 0.25) is 5.43 Å². The summed E-state index contributed by atoms with van der Waals surface area (Å²) in [6, 6.07) is 17.0. The number of benzene rings is 2. The molecule has 2 aromatic heterocycles. The summed E-state index contributed by atoms with van der Waals surface area (Å²) >= 11 is 1.40. The third kappa shape index (κ3) is 2.88. The van der Waals surface area contributed by atoms with E-state index in [-0.39, 0.29) is 28.3 Å². The van der Waals surface area contributed by atoms with Crippen LogP contribution in [0.15, 0.2) is 64.2 Å². The first-order valence-electron chi connectivity index (χ1n) is 9.02. The fourth-order valence-electron chi connectivity index (χ4n) is 3.44. The second kappa shape index (κ2) is 6.74. The minimum Gasteiger partial charge on any atom is -0.288 e. The van der Waals surface area contributed by atoms with Crippen LogP contribution in [0.4, 0.5) is 0 Å². The van der Waals surface area contributed by atoms with Crippen LogP contribution in [0, 0.1) is 0 Å². The van der Waals surface area contributed by atoms with Gasteiger partial charge in [0, 0.05) is 16.0 Å². The fourth-order valence-corrected chi connectivity index (χ4v) is 4.49. The Kier molecular flexibility index (Phi) is 4.40. The van der Waals surface area contributed by atoms with Crippen molar-refractivity contribution in [2.75, 3.05) is 0 Å². The smallest absolute Gasteiger partial charge is 0.266 e. The summed E-state index contributed by atoms with van der Waals surface area (Å²) in [7, 11) is 0. The van der Waals surface area contributed by atoms with Crippen LogP contribution < -0.4 is 11.0 Å². The quantitative estimate of drug-likeness (QED) is 0.487. The molecule has 27 heavy (non-hydrogen) atoms. The Morgan fingerprint density at radius 2 is 1.59 bits per heavy atom. The molecule has 0 saturated carbocycles. The summed E-state index contributed by atoms with van der Waals surface area (Å²) in [6.07, 6.45) is 0. The van der Waals surface area contributed by atoms with E-state index >= 15 is 0 Å². The van der Waals surface area contributed by atoms with Gasteiger partial charge in [-0.05, 0) is 24.6 Å². The molecule has 1 atom stereocenters. The summed E-state index contributed by atoms with van der Waals surface area (Å²) in [5.74, 6) is 0.761. The van der Waals surface area contributed by atoms with E-state index in [1.165, 1.54) is 11.3 Å². The van der Waals surface area contributed by atoms with Crippen LogP contribution in [-0.2, 0) is 0 Å². The zero-order valence-corrected chi connectivity index (χ0v) is 16.3. The van der Waals surface area contributed by atoms with Crippen molar-refractivity contribution in [2.24, 2.45) is 0 Å². The lowest BCUT2D eigenvalue weighted by Gasteiger charge is -2.22. The summed E-state index contributed by atoms with van der Waals surface area (Å²) in [4.78, 5) is 31.8. The second-order valence-corrected chi connectivity index (χ2v) is 8.02. The molecule has 2 heterocycles. The van der Waals surface area contributed by atoms with Crippen molar-refractivity contribution in [1.29, 1.82) is 0 Å². The topological polar surface area (TPSA) is 52.0 Å². The van der Waals surface area contributed by atoms with Gasteiger partial charge in [0.15, 0.2) is 0 Å². The van der Waals surface area contributed by atoms with Crippen LogP contribution >= 0.6 is 11.3 Å². The Labute approximate surface area is 160 Å². The van der Waals surface area contributed by atoms with Crippen LogP contribution in [0.1, 0.15) is 44.1 Å². The average molecular weight is 376 g/mol. The number of aromatic nitrogens is 2. The molecule has 0 saturated heterocycles. The van der Waals surface area contributed by atoms with Gasteiger partial charge in [-0.2, -0.15) is 0 Å². The van der Waals surface area contributed by atoms with E-state index in [1.54, 1.807) is 10.6 Å². The number of nitrogens with zero attached hydrogens (tertiary/aromatic N) is 2. The SMILES string of the molecule is CC(C)c1nc2sc3ccccc3c(=O)c2c(=O)n1[C@H](C)c1ccccc1. The zero-order valence-electron chi connectivity index (χ0n) is 15.5. The fraction of sp³-hybridized carbons (Fsp3) is 0.227. The highest BCUT2D eigenvalue weighted by molar-refractivity contribution is 7.24. The van der Waals surface area contributed by atoms with Crippen LogP contribution in [0.3, 0.4) is 0 Å². The maximum Gasteiger partial charge on any atom is 0.266 e. The zero-order chi connectivity index (χ0) is 19.1. The van der Waals surface area contributed by atoms with Gasteiger partial charge in [-0.25, -0.2) is 4.98 Å². The highest BCUT2D eigenvalue weighted by atomic mass is 32.1. The Morgan fingerprint density at radius 3 is 2.30 bits per heavy atom. The molecular weight excluding hydrogens is 356 g/mol. The largest absolute Gasteiger partial charge is 0.288 e. The van der Waals surface area contributed by atoms with E-state index in [9.17, 15) is 9.59 Å². The van der Waals surface area contributed by atoms with Gasteiger partial charge in [0.1, 0.15) is 16.0 Å². The number of hydrogen-bond donors (Lipinski definition) is 0. The van der Waals surface area contributed by atoms with Crippen molar-refractivity contribution in [3.05, 3.63) is 86.6 Å². The molecule has 5 heteroatoms. The number of rotatable bonds is 3. The molecule has 0 aliphatic rings. The minimum atomic E-state index is -0.257. The van der Waals surface area contributed by atoms with E-state index in [0.29, 0.717) is 16.0 Å². The predicted octanol–water partition coefficient (Wildman–Crippen LogP) is 4.70. The van der Waals surface area contributed by atoms with Gasteiger partial charge in [-0.15, -0.1) is 11.3 Å². The average Bonchev–Trinajstić information content (AvgIpc) is 2.68. The van der Waals surface area contributed by atoms with Crippen LogP contribution in [0.5, 0.6) is 0 Å². The summed E-state index contributed by atoms with van der Waals surface area (Å²) in [5, 5.41) is 0.760. The Morgan fingerprint density at radius 1 is 0.926 bits per heavy atom. The van der Waals surface area contributed by atoms with Crippen LogP contribution in [0.25, 0.3) is 20.3 Å². The first kappa shape index (κ1) is 17.6. The highest BCUT2D eigenvalue weighted by Crippen LogP contribution is 2.26. The molecule has 0 N–H and O–H groups in total. The first-order valence-corrected chi connectivity index (χ1v) is 9.83. The van der Waals surface area contributed by atoms with E-state index in [4.69, 9.17) is 4.98 Å². The molecule has 0 unspecified atom stereocenters. The normalized spacial score (nSPS) is 12.7. The van der Waals surface area contributed by atoms with Gasteiger partial charge in [-0.1, -0.05) is 56.3 Å². The highest BCUT2D eigenvalue weighted by Gasteiger charge is 2.22. The Balaban J connectivity index is 2.12. The predicted molar refractivity (Wildman–Crippen MR) is 112 cm³/mol. The summed E-state index contributed by atoms with van der Waals surface area (Å²) < 4.78 is 2.54. The lowest BCUT2D eigenvalue weighted by molar-refractivity contribution is 0.549. The number of hydrogen-bond acceptors (Lipinski definition) is 4. The van der Waals surface area contributed by atoms with Crippen molar-refractivity contribution in [3.63, 3.8) is 0 Å². The van der Waals surface area contributed by atoms with Crippen molar-refractivity contribution < 1.29 is 0 Å². The third-order valence-corrected chi connectivity index (χ3v) is 5.93. The Bertz CT molecular complexity index is 1260. The molecule has 0 fully saturated rings. The van der Waals surface area contributed by atoms with Crippen molar-refractivity contribution >= 4 is 31.6 Å². The van der Waals surface area contributed by atoms with Crippen molar-refractivity contribution in [3.8, 4) is 0 Å². The molecular formula is C22H20N2O2S. The molecule has 0 amide bonds. The first-order chi connectivity index (χ1) is 13.0. The molecule has 0 aliphatic carbocycles. The van der Waals surface area contributed by atoms with E-state index < -0.39 is 0 Å². The molecule has 0 radical (unpaired) electrons. The number of fused-ring (bicyclic) bond motifs is 2. The molecule has 0 aliphatic heterocycles. The molecule has 4 aromatic rings. The molecule has 2 aromatic carbocycles. The van der Waals surface area contributed by atoms with Crippen molar-refractivity contribution in [1.82, 2.24) is 9.55 Å². The molecule has 0 bridgehead atoms. The third-order valence-electron chi connectivity index (χ3n) is 4.86. The molecule has 4 rings (SSSR count). The molecule has 136 valence electrons. The monoisotopic (exact) mass is 376 g/mol. The van der Waals surface area contributed by atoms with Crippen LogP contribution in [0.2, 0.25) is 0 Å². The van der Waals surface area contributed by atoms with Gasteiger partial charge in [-0.3, -0.25) is 14.2 Å². The second-order valence-electron chi connectivity index (χ2n) is 6.99. The van der Waals surface area contributed by atoms with E-state index in [0.717, 1.165) is 10.3 Å². The van der Waals surface area contributed by atoms with Crippen LogP contribution in [-0.4, -0.2) is 9.55 Å². The lowest BCUT2D eigenvalue weighted by Crippen LogP contribution is -2.31. The van der Waals surface area contributed by atoms with Crippen molar-refractivity contribution in [2.45, 2.75) is 32.7 Å². The van der Waals surface area contributed by atoms with Gasteiger partial charge >= 0.3 is 0 Å². The van der Waals surface area contributed by atoms with Gasteiger partial charge < -0.3 is 0 Å². The lowest BCUT2D eigenvalue weighted by atomic mass is 10.1. The molecule has 4 nitrogen and oxygen atoms in total. The maximum absolute atomic E-state index is 13.5. The molecule has 0 spiro atoms. The standard InChI is InChI=1S/C22H20N2O2S/c1-13(2)20-23-21-18(19(25)16-11-7-8-12-17(16)27-21)22(26)24(20)14(3)15-9-5-4-6-10-15/h4-14H,1-3H3/t14-/m1/s1. The minimum absolute atomic E-state index is 0.0574. The van der Waals surface area contributed by atoms with Gasteiger partial charge in [0.05, 0.1) is 6.04 Å². The summed E-state index contributed by atoms with van der Waals surface area (Å²) in [5.41, 5.74) is 0.521. The van der Waals surface area contributed by atoms with Gasteiger partial charge in [0.25, 0.3) is 5.56 Å². The Hall–Kier alpha value is -2.79. The maximum atomic E-state index is 13.5. The van der Waals surface area contributed by atoms with E-state index in [1.807, 2.05) is 69.3 Å². The summed E-state index contributed by atoms with van der Waals surface area (Å²) in [6.45, 7) is 6.02.